The number of para-hydroxylation sites is 1. The Labute approximate surface area is 139 Å². The van der Waals surface area contributed by atoms with Gasteiger partial charge in [0.25, 0.3) is 5.91 Å². The first-order valence-corrected chi connectivity index (χ1v) is 7.75. The standard InChI is InChI=1S/C19H17NO4/c1-12-14-5-3-4-6-15(14)24-18(12)19(21)20(2)10-13-7-8-16-17(9-13)23-11-22-16/h3-9H,10-11H2,1-2H3. The van der Waals surface area contributed by atoms with Crippen LogP contribution in [0.15, 0.2) is 46.9 Å². The van der Waals surface area contributed by atoms with E-state index >= 15 is 0 Å². The van der Waals surface area contributed by atoms with Gasteiger partial charge in [-0.3, -0.25) is 4.79 Å². The summed E-state index contributed by atoms with van der Waals surface area (Å²) < 4.78 is 16.4. The molecule has 122 valence electrons. The van der Waals surface area contributed by atoms with E-state index in [0.717, 1.165) is 27.8 Å². The Hall–Kier alpha value is -2.95. The molecule has 24 heavy (non-hydrogen) atoms. The molecule has 1 amide bonds. The van der Waals surface area contributed by atoms with Gasteiger partial charge in [0.05, 0.1) is 0 Å². The van der Waals surface area contributed by atoms with Crippen molar-refractivity contribution in [1.82, 2.24) is 4.90 Å². The highest BCUT2D eigenvalue weighted by molar-refractivity contribution is 5.98. The van der Waals surface area contributed by atoms with Crippen molar-refractivity contribution in [2.24, 2.45) is 0 Å². The number of fused-ring (bicyclic) bond motifs is 2. The van der Waals surface area contributed by atoms with Crippen LogP contribution in [-0.2, 0) is 6.54 Å². The van der Waals surface area contributed by atoms with Crippen LogP contribution in [0.5, 0.6) is 11.5 Å². The molecule has 0 atom stereocenters. The van der Waals surface area contributed by atoms with Crippen molar-refractivity contribution >= 4 is 16.9 Å². The van der Waals surface area contributed by atoms with Crippen LogP contribution in [-0.4, -0.2) is 24.6 Å². The minimum atomic E-state index is -0.138. The molecule has 0 radical (unpaired) electrons. The average molecular weight is 323 g/mol. The number of hydrogen-bond donors (Lipinski definition) is 0. The van der Waals surface area contributed by atoms with Crippen LogP contribution in [0.25, 0.3) is 11.0 Å². The molecule has 0 spiro atoms. The monoisotopic (exact) mass is 323 g/mol. The third-order valence-corrected chi connectivity index (χ3v) is 4.24. The normalized spacial score (nSPS) is 12.6. The van der Waals surface area contributed by atoms with Crippen molar-refractivity contribution in [2.45, 2.75) is 13.5 Å². The molecule has 0 fully saturated rings. The van der Waals surface area contributed by atoms with Crippen molar-refractivity contribution in [1.29, 1.82) is 0 Å². The molecular formula is C19H17NO4. The van der Waals surface area contributed by atoms with Gasteiger partial charge in [0, 0.05) is 24.5 Å². The van der Waals surface area contributed by atoms with Crippen LogP contribution in [0.1, 0.15) is 21.7 Å². The third-order valence-electron chi connectivity index (χ3n) is 4.24. The highest BCUT2D eigenvalue weighted by Gasteiger charge is 2.21. The maximum atomic E-state index is 12.7. The summed E-state index contributed by atoms with van der Waals surface area (Å²) in [6.07, 6.45) is 0. The maximum absolute atomic E-state index is 12.7. The molecule has 5 nitrogen and oxygen atoms in total. The molecule has 2 aromatic carbocycles. The molecule has 0 aliphatic carbocycles. The van der Waals surface area contributed by atoms with Crippen LogP contribution in [0.3, 0.4) is 0 Å². The first kappa shape index (κ1) is 14.6. The lowest BCUT2D eigenvalue weighted by Gasteiger charge is -2.16. The van der Waals surface area contributed by atoms with Crippen molar-refractivity contribution in [3.63, 3.8) is 0 Å². The van der Waals surface area contributed by atoms with Crippen molar-refractivity contribution in [2.75, 3.05) is 13.8 Å². The van der Waals surface area contributed by atoms with Crippen LogP contribution in [0, 0.1) is 6.92 Å². The Morgan fingerprint density at radius 1 is 1.12 bits per heavy atom. The molecule has 1 aromatic heterocycles. The molecule has 0 bridgehead atoms. The number of aryl methyl sites for hydroxylation is 1. The van der Waals surface area contributed by atoms with E-state index in [9.17, 15) is 4.79 Å². The van der Waals surface area contributed by atoms with Gasteiger partial charge < -0.3 is 18.8 Å². The molecule has 4 rings (SSSR count). The fourth-order valence-electron chi connectivity index (χ4n) is 2.94. The first-order valence-electron chi connectivity index (χ1n) is 7.75. The smallest absolute Gasteiger partial charge is 0.289 e. The number of rotatable bonds is 3. The van der Waals surface area contributed by atoms with Crippen LogP contribution < -0.4 is 9.47 Å². The van der Waals surface area contributed by atoms with Gasteiger partial charge in [0.15, 0.2) is 17.3 Å². The molecule has 3 aromatic rings. The fourth-order valence-corrected chi connectivity index (χ4v) is 2.94. The summed E-state index contributed by atoms with van der Waals surface area (Å²) in [6.45, 7) is 2.62. The van der Waals surface area contributed by atoms with Crippen LogP contribution in [0.4, 0.5) is 0 Å². The van der Waals surface area contributed by atoms with Gasteiger partial charge in [-0.1, -0.05) is 24.3 Å². The lowest BCUT2D eigenvalue weighted by atomic mass is 10.1. The van der Waals surface area contributed by atoms with E-state index in [-0.39, 0.29) is 12.7 Å². The number of carbonyl (C=O) groups excluding carboxylic acids is 1. The summed E-state index contributed by atoms with van der Waals surface area (Å²) in [7, 11) is 1.76. The van der Waals surface area contributed by atoms with E-state index < -0.39 is 0 Å². The minimum absolute atomic E-state index is 0.138. The zero-order valence-corrected chi connectivity index (χ0v) is 13.5. The molecule has 1 aliphatic rings. The van der Waals surface area contributed by atoms with E-state index in [0.29, 0.717) is 18.1 Å². The quantitative estimate of drug-likeness (QED) is 0.737. The van der Waals surface area contributed by atoms with E-state index in [1.807, 2.05) is 49.4 Å². The van der Waals surface area contributed by atoms with E-state index in [2.05, 4.69) is 0 Å². The average Bonchev–Trinajstić information content (AvgIpc) is 3.18. The highest BCUT2D eigenvalue weighted by atomic mass is 16.7. The Morgan fingerprint density at radius 3 is 2.75 bits per heavy atom. The van der Waals surface area contributed by atoms with E-state index in [4.69, 9.17) is 13.9 Å². The lowest BCUT2D eigenvalue weighted by molar-refractivity contribution is 0.0754. The number of hydrogen-bond acceptors (Lipinski definition) is 4. The Kier molecular flexibility index (Phi) is 3.41. The number of nitrogens with zero attached hydrogens (tertiary/aromatic N) is 1. The number of furan rings is 1. The molecule has 2 heterocycles. The number of amides is 1. The SMILES string of the molecule is Cc1c(C(=O)N(C)Cc2ccc3c(c2)OCO3)oc2ccccc12. The van der Waals surface area contributed by atoms with Crippen molar-refractivity contribution < 1.29 is 18.7 Å². The van der Waals surface area contributed by atoms with Crippen molar-refractivity contribution in [3.05, 3.63) is 59.4 Å². The summed E-state index contributed by atoms with van der Waals surface area (Å²) in [6, 6.07) is 13.4. The van der Waals surface area contributed by atoms with Gasteiger partial charge in [-0.05, 0) is 30.7 Å². The first-order chi connectivity index (χ1) is 11.6. The molecule has 0 N–H and O–H groups in total. The topological polar surface area (TPSA) is 51.9 Å². The lowest BCUT2D eigenvalue weighted by Crippen LogP contribution is -2.26. The van der Waals surface area contributed by atoms with Gasteiger partial charge in [-0.15, -0.1) is 0 Å². The summed E-state index contributed by atoms with van der Waals surface area (Å²) >= 11 is 0. The predicted octanol–water partition coefficient (Wildman–Crippen LogP) is 3.74. The summed E-state index contributed by atoms with van der Waals surface area (Å²) in [4.78, 5) is 14.4. The number of benzene rings is 2. The van der Waals surface area contributed by atoms with Crippen LogP contribution >= 0.6 is 0 Å². The summed E-state index contributed by atoms with van der Waals surface area (Å²) in [5, 5.41) is 0.970. The third kappa shape index (κ3) is 2.38. The second kappa shape index (κ2) is 5.60. The maximum Gasteiger partial charge on any atom is 0.289 e. The predicted molar refractivity (Wildman–Crippen MR) is 89.3 cm³/mol. The van der Waals surface area contributed by atoms with Crippen molar-refractivity contribution in [3.8, 4) is 11.5 Å². The zero-order chi connectivity index (χ0) is 16.7. The Morgan fingerprint density at radius 2 is 1.92 bits per heavy atom. The fraction of sp³-hybridized carbons (Fsp3) is 0.211. The van der Waals surface area contributed by atoms with Gasteiger partial charge >= 0.3 is 0 Å². The van der Waals surface area contributed by atoms with Gasteiger partial charge in [-0.2, -0.15) is 0 Å². The largest absolute Gasteiger partial charge is 0.454 e. The summed E-state index contributed by atoms with van der Waals surface area (Å²) in [5.41, 5.74) is 2.58. The second-order valence-electron chi connectivity index (χ2n) is 5.90. The summed E-state index contributed by atoms with van der Waals surface area (Å²) in [5.74, 6) is 1.70. The molecule has 0 unspecified atom stereocenters. The highest BCUT2D eigenvalue weighted by Crippen LogP contribution is 2.33. The van der Waals surface area contributed by atoms with Gasteiger partial charge in [0.1, 0.15) is 5.58 Å². The Bertz CT molecular complexity index is 928. The van der Waals surface area contributed by atoms with E-state index in [1.165, 1.54) is 0 Å². The number of ether oxygens (including phenoxy) is 2. The van der Waals surface area contributed by atoms with Crippen LogP contribution in [0.2, 0.25) is 0 Å². The van der Waals surface area contributed by atoms with Gasteiger partial charge in [-0.25, -0.2) is 0 Å². The zero-order valence-electron chi connectivity index (χ0n) is 13.5. The molecule has 0 saturated heterocycles. The molecule has 1 aliphatic heterocycles. The molecule has 5 heteroatoms. The second-order valence-corrected chi connectivity index (χ2v) is 5.90. The van der Waals surface area contributed by atoms with Gasteiger partial charge in [0.2, 0.25) is 6.79 Å². The van der Waals surface area contributed by atoms with E-state index in [1.54, 1.807) is 11.9 Å². The molecular weight excluding hydrogens is 306 g/mol. The number of carbonyl (C=O) groups is 1. The Balaban J connectivity index is 1.58. The molecule has 0 saturated carbocycles. The minimum Gasteiger partial charge on any atom is -0.454 e.